The predicted octanol–water partition coefficient (Wildman–Crippen LogP) is 1.98. The van der Waals surface area contributed by atoms with E-state index in [1.807, 2.05) is 16.5 Å². The molecule has 1 fully saturated rings. The number of aromatic nitrogens is 2. The summed E-state index contributed by atoms with van der Waals surface area (Å²) in [6, 6.07) is 4.43. The summed E-state index contributed by atoms with van der Waals surface area (Å²) in [5.41, 5.74) is 6.46. The van der Waals surface area contributed by atoms with Crippen molar-refractivity contribution in [3.8, 4) is 0 Å². The van der Waals surface area contributed by atoms with Crippen molar-refractivity contribution in [1.29, 1.82) is 5.41 Å². The van der Waals surface area contributed by atoms with Crippen LogP contribution in [0.5, 0.6) is 0 Å². The second kappa shape index (κ2) is 7.56. The monoisotopic (exact) mass is 413 g/mol. The molecule has 0 unspecified atom stereocenters. The van der Waals surface area contributed by atoms with Gasteiger partial charge in [-0.2, -0.15) is 0 Å². The smallest absolute Gasteiger partial charge is 0.182 e. The number of aliphatic hydroxyl groups excluding tert-OH is 1. The summed E-state index contributed by atoms with van der Waals surface area (Å²) in [7, 11) is 1.85. The highest BCUT2D eigenvalue weighted by molar-refractivity contribution is 6.15. The summed E-state index contributed by atoms with van der Waals surface area (Å²) in [5, 5.41) is 17.8. The molecule has 0 spiro atoms. The molecule has 3 heterocycles. The van der Waals surface area contributed by atoms with Gasteiger partial charge in [-0.1, -0.05) is 0 Å². The van der Waals surface area contributed by atoms with Gasteiger partial charge in [0.05, 0.1) is 18.0 Å². The standard InChI is InChI=1S/C21H23F2N6O/c1-28-9-13(10-28)14-6-15(17(24)7-16(14)22)20(25)18-8-19(27-12-26-18)29-4-2-21(23,11-30)3-5-29/h6-10,12,25,30H,2-5,11,24H2,1H3/q+1. The van der Waals surface area contributed by atoms with E-state index >= 15 is 0 Å². The lowest BCUT2D eigenvalue weighted by Crippen LogP contribution is -2.44. The van der Waals surface area contributed by atoms with Crippen LogP contribution in [0.3, 0.4) is 0 Å². The van der Waals surface area contributed by atoms with Gasteiger partial charge in [-0.25, -0.2) is 23.3 Å². The fourth-order valence-electron chi connectivity index (χ4n) is 3.68. The minimum absolute atomic E-state index is 0.0536. The quantitative estimate of drug-likeness (QED) is 0.395. The number of aliphatic hydroxyl groups is 1. The summed E-state index contributed by atoms with van der Waals surface area (Å²) in [5.74, 6) is 0.122. The van der Waals surface area contributed by atoms with Crippen LogP contribution < -0.4 is 10.6 Å². The van der Waals surface area contributed by atoms with Crippen LogP contribution in [0.15, 0.2) is 30.7 Å². The lowest BCUT2D eigenvalue weighted by molar-refractivity contribution is -0.423. The molecule has 0 amide bonds. The minimum Gasteiger partial charge on any atom is -0.398 e. The second-order valence-electron chi connectivity index (χ2n) is 7.73. The molecule has 30 heavy (non-hydrogen) atoms. The Morgan fingerprint density at radius 2 is 2.00 bits per heavy atom. The molecule has 4 rings (SSSR count). The van der Waals surface area contributed by atoms with Crippen molar-refractivity contribution >= 4 is 29.0 Å². The van der Waals surface area contributed by atoms with Gasteiger partial charge in [0.1, 0.15) is 36.3 Å². The van der Waals surface area contributed by atoms with Gasteiger partial charge >= 0.3 is 0 Å². The number of rotatable bonds is 5. The van der Waals surface area contributed by atoms with E-state index < -0.39 is 18.1 Å². The molecule has 2 aliphatic rings. The number of alkyl halides is 1. The van der Waals surface area contributed by atoms with Gasteiger partial charge in [-0.3, -0.25) is 5.41 Å². The van der Waals surface area contributed by atoms with E-state index in [0.29, 0.717) is 35.7 Å². The lowest BCUT2D eigenvalue weighted by atomic mass is 9.94. The molecule has 1 aromatic heterocycles. The van der Waals surface area contributed by atoms with Gasteiger partial charge in [0.25, 0.3) is 0 Å². The molecule has 2 aliphatic heterocycles. The van der Waals surface area contributed by atoms with Crippen LogP contribution in [0.1, 0.15) is 29.7 Å². The average Bonchev–Trinajstić information content (AvgIpc) is 2.72. The second-order valence-corrected chi connectivity index (χ2v) is 7.73. The Morgan fingerprint density at radius 1 is 1.30 bits per heavy atom. The van der Waals surface area contributed by atoms with Gasteiger partial charge in [0.2, 0.25) is 0 Å². The average molecular weight is 413 g/mol. The molecule has 2 aromatic rings. The topological polar surface area (TPSA) is 102 Å². The van der Waals surface area contributed by atoms with E-state index in [9.17, 15) is 13.9 Å². The number of nitrogens with two attached hydrogens (primary N) is 1. The Hall–Kier alpha value is -3.20. The van der Waals surface area contributed by atoms with Crippen LogP contribution in [-0.4, -0.2) is 64.0 Å². The van der Waals surface area contributed by atoms with Gasteiger partial charge in [0.15, 0.2) is 12.4 Å². The summed E-state index contributed by atoms with van der Waals surface area (Å²) in [4.78, 5) is 10.3. The predicted molar refractivity (Wildman–Crippen MR) is 111 cm³/mol. The maximum absolute atomic E-state index is 14.4. The highest BCUT2D eigenvalue weighted by Crippen LogP contribution is 2.30. The molecular formula is C21H23F2N6O+. The van der Waals surface area contributed by atoms with Crippen molar-refractivity contribution in [2.24, 2.45) is 0 Å². The Labute approximate surface area is 172 Å². The first-order chi connectivity index (χ1) is 14.3. The molecule has 9 heteroatoms. The van der Waals surface area contributed by atoms with Crippen molar-refractivity contribution in [3.05, 3.63) is 53.4 Å². The molecule has 1 saturated heterocycles. The molecule has 0 saturated carbocycles. The first kappa shape index (κ1) is 20.1. The first-order valence-electron chi connectivity index (χ1n) is 9.64. The van der Waals surface area contributed by atoms with Crippen molar-refractivity contribution in [2.45, 2.75) is 18.5 Å². The first-order valence-corrected chi connectivity index (χ1v) is 9.64. The molecule has 0 radical (unpaired) electrons. The normalized spacial score (nSPS) is 17.8. The Balaban J connectivity index is 1.60. The van der Waals surface area contributed by atoms with Gasteiger partial charge in [-0.15, -0.1) is 0 Å². The van der Waals surface area contributed by atoms with Crippen LogP contribution in [0.25, 0.3) is 5.57 Å². The van der Waals surface area contributed by atoms with Gasteiger partial charge in [-0.05, 0) is 12.1 Å². The van der Waals surface area contributed by atoms with E-state index in [2.05, 4.69) is 9.97 Å². The Bertz CT molecular complexity index is 1070. The third-order valence-corrected chi connectivity index (χ3v) is 5.58. The number of allylic oxidation sites excluding steroid dienone is 1. The third-order valence-electron chi connectivity index (χ3n) is 5.58. The Kier molecular flexibility index (Phi) is 5.07. The van der Waals surface area contributed by atoms with E-state index in [4.69, 9.17) is 11.1 Å². The summed E-state index contributed by atoms with van der Waals surface area (Å²) in [6.45, 7) is 0.318. The number of hydrogen-bond acceptors (Lipinski definition) is 6. The molecule has 1 aromatic carbocycles. The number of benzene rings is 1. The third kappa shape index (κ3) is 3.68. The maximum atomic E-state index is 14.4. The minimum atomic E-state index is -1.56. The molecule has 0 bridgehead atoms. The summed E-state index contributed by atoms with van der Waals surface area (Å²) < 4.78 is 30.5. The van der Waals surface area contributed by atoms with Crippen molar-refractivity contribution in [3.63, 3.8) is 0 Å². The molecule has 0 aliphatic carbocycles. The number of nitrogen functional groups attached to an aromatic ring is 1. The van der Waals surface area contributed by atoms with E-state index in [1.165, 1.54) is 12.4 Å². The van der Waals surface area contributed by atoms with E-state index in [0.717, 1.165) is 5.57 Å². The largest absolute Gasteiger partial charge is 0.398 e. The summed E-state index contributed by atoms with van der Waals surface area (Å²) >= 11 is 0. The van der Waals surface area contributed by atoms with Crippen LogP contribution in [-0.2, 0) is 0 Å². The zero-order valence-corrected chi connectivity index (χ0v) is 16.6. The van der Waals surface area contributed by atoms with Crippen LogP contribution in [0.4, 0.5) is 20.3 Å². The molecule has 7 nitrogen and oxygen atoms in total. The highest BCUT2D eigenvalue weighted by Gasteiger charge is 2.34. The fourth-order valence-corrected chi connectivity index (χ4v) is 3.68. The molecule has 156 valence electrons. The number of piperidine rings is 1. The molecular weight excluding hydrogens is 390 g/mol. The maximum Gasteiger partial charge on any atom is 0.182 e. The van der Waals surface area contributed by atoms with Crippen molar-refractivity contribution in [1.82, 2.24) is 9.97 Å². The number of halogens is 2. The Morgan fingerprint density at radius 3 is 2.63 bits per heavy atom. The van der Waals surface area contributed by atoms with Gasteiger partial charge < -0.3 is 15.7 Å². The van der Waals surface area contributed by atoms with Crippen LogP contribution in [0, 0.1) is 11.2 Å². The zero-order valence-electron chi connectivity index (χ0n) is 16.6. The van der Waals surface area contributed by atoms with E-state index in [-0.39, 0.29) is 24.2 Å². The summed E-state index contributed by atoms with van der Waals surface area (Å²) in [6.07, 6.45) is 5.33. The lowest BCUT2D eigenvalue weighted by Gasteiger charge is -2.35. The van der Waals surface area contributed by atoms with E-state index in [1.54, 1.807) is 24.5 Å². The van der Waals surface area contributed by atoms with Crippen LogP contribution in [0.2, 0.25) is 0 Å². The SMILES string of the molecule is C[N+]1=CC(c2cc(C(=N)c3cc(N4CCC(F)(CO)CC4)ncn3)c(N)cc2F)=C1. The van der Waals surface area contributed by atoms with Crippen molar-refractivity contribution < 1.29 is 18.5 Å². The highest BCUT2D eigenvalue weighted by atomic mass is 19.1. The van der Waals surface area contributed by atoms with Crippen LogP contribution >= 0.6 is 0 Å². The zero-order chi connectivity index (χ0) is 21.5. The molecule has 0 atom stereocenters. The number of anilines is 2. The van der Waals surface area contributed by atoms with Gasteiger partial charge in [0, 0.05) is 48.8 Å². The number of hydrogen-bond donors (Lipinski definition) is 3. The fraction of sp³-hybridized carbons (Fsp3) is 0.333. The number of nitrogens with zero attached hydrogens (tertiary/aromatic N) is 4. The molecule has 4 N–H and O–H groups in total. The number of nitrogens with one attached hydrogen (secondary N) is 1. The van der Waals surface area contributed by atoms with Crippen molar-refractivity contribution in [2.75, 3.05) is 37.4 Å².